The molecule has 0 saturated heterocycles. The minimum absolute atomic E-state index is 0.419. The Morgan fingerprint density at radius 3 is 2.62 bits per heavy atom. The van der Waals surface area contributed by atoms with Crippen LogP contribution >= 0.6 is 15.9 Å². The van der Waals surface area contributed by atoms with Gasteiger partial charge in [-0.3, -0.25) is 4.68 Å². The van der Waals surface area contributed by atoms with Gasteiger partial charge in [0.2, 0.25) is 0 Å². The number of nitrogens with zero attached hydrogens (tertiary/aromatic N) is 4. The van der Waals surface area contributed by atoms with Crippen molar-refractivity contribution in [1.82, 2.24) is 19.7 Å². The van der Waals surface area contributed by atoms with Crippen LogP contribution < -0.4 is 5.73 Å². The summed E-state index contributed by atoms with van der Waals surface area (Å²) in [5, 5.41) is 4.25. The summed E-state index contributed by atoms with van der Waals surface area (Å²) in [5.41, 5.74) is 8.65. The van der Waals surface area contributed by atoms with Crippen LogP contribution in [-0.4, -0.2) is 19.7 Å². The third-order valence-electron chi connectivity index (χ3n) is 3.17. The van der Waals surface area contributed by atoms with Crippen LogP contribution in [-0.2, 0) is 6.54 Å². The molecule has 106 valence electrons. The molecule has 0 radical (unpaired) electrons. The minimum atomic E-state index is 0.419. The lowest BCUT2D eigenvalue weighted by Crippen LogP contribution is -2.05. The standard InChI is InChI=1S/C15H14BrN5/c1-2-21-11(8-9-18-21)15-19-13(12(16)14(17)20-15)10-6-4-3-5-7-10/h3-9H,2H2,1H3,(H2,17,19,20). The van der Waals surface area contributed by atoms with Crippen molar-refractivity contribution in [3.8, 4) is 22.8 Å². The maximum atomic E-state index is 6.03. The van der Waals surface area contributed by atoms with Crippen molar-refractivity contribution in [2.45, 2.75) is 13.5 Å². The second-order valence-corrected chi connectivity index (χ2v) is 5.29. The van der Waals surface area contributed by atoms with Gasteiger partial charge >= 0.3 is 0 Å². The molecule has 2 heterocycles. The van der Waals surface area contributed by atoms with E-state index in [9.17, 15) is 0 Å². The number of aromatic nitrogens is 4. The molecular formula is C15H14BrN5. The van der Waals surface area contributed by atoms with Gasteiger partial charge in [0.05, 0.1) is 10.2 Å². The van der Waals surface area contributed by atoms with Crippen LogP contribution in [0.1, 0.15) is 6.92 Å². The molecule has 1 aromatic carbocycles. The summed E-state index contributed by atoms with van der Waals surface area (Å²) in [6.45, 7) is 2.78. The van der Waals surface area contributed by atoms with Gasteiger partial charge in [-0.15, -0.1) is 0 Å². The van der Waals surface area contributed by atoms with Gasteiger partial charge in [-0.05, 0) is 28.9 Å². The van der Waals surface area contributed by atoms with E-state index in [-0.39, 0.29) is 0 Å². The zero-order valence-electron chi connectivity index (χ0n) is 11.5. The SMILES string of the molecule is CCn1nccc1-c1nc(N)c(Br)c(-c2ccccc2)n1. The normalized spacial score (nSPS) is 10.8. The molecule has 0 atom stereocenters. The Balaban J connectivity index is 2.19. The van der Waals surface area contributed by atoms with Crippen molar-refractivity contribution in [3.05, 3.63) is 47.1 Å². The van der Waals surface area contributed by atoms with Crippen molar-refractivity contribution in [3.63, 3.8) is 0 Å². The number of rotatable bonds is 3. The molecule has 6 heteroatoms. The van der Waals surface area contributed by atoms with Gasteiger partial charge in [-0.2, -0.15) is 5.10 Å². The largest absolute Gasteiger partial charge is 0.383 e. The van der Waals surface area contributed by atoms with E-state index in [1.54, 1.807) is 6.20 Å². The zero-order chi connectivity index (χ0) is 14.8. The first-order valence-electron chi connectivity index (χ1n) is 6.61. The first kappa shape index (κ1) is 13.8. The minimum Gasteiger partial charge on any atom is -0.383 e. The summed E-state index contributed by atoms with van der Waals surface area (Å²) >= 11 is 3.48. The molecule has 2 N–H and O–H groups in total. The Morgan fingerprint density at radius 2 is 1.90 bits per heavy atom. The Morgan fingerprint density at radius 1 is 1.14 bits per heavy atom. The van der Waals surface area contributed by atoms with E-state index in [4.69, 9.17) is 5.73 Å². The van der Waals surface area contributed by atoms with Gasteiger partial charge in [0, 0.05) is 18.3 Å². The number of nitrogens with two attached hydrogens (primary N) is 1. The number of anilines is 1. The Hall–Kier alpha value is -2.21. The van der Waals surface area contributed by atoms with Crippen molar-refractivity contribution >= 4 is 21.7 Å². The summed E-state index contributed by atoms with van der Waals surface area (Å²) in [4.78, 5) is 9.02. The summed E-state index contributed by atoms with van der Waals surface area (Å²) in [6, 6.07) is 11.8. The summed E-state index contributed by atoms with van der Waals surface area (Å²) in [7, 11) is 0. The number of aryl methyl sites for hydroxylation is 1. The van der Waals surface area contributed by atoms with E-state index >= 15 is 0 Å². The molecule has 21 heavy (non-hydrogen) atoms. The quantitative estimate of drug-likeness (QED) is 0.791. The fourth-order valence-electron chi connectivity index (χ4n) is 2.14. The summed E-state index contributed by atoms with van der Waals surface area (Å²) < 4.78 is 2.55. The average molecular weight is 344 g/mol. The lowest BCUT2D eigenvalue weighted by atomic mass is 10.1. The van der Waals surface area contributed by atoms with E-state index in [2.05, 4.69) is 31.0 Å². The monoisotopic (exact) mass is 343 g/mol. The van der Waals surface area contributed by atoms with Crippen LogP contribution in [0.15, 0.2) is 47.1 Å². The molecule has 0 aliphatic carbocycles. The van der Waals surface area contributed by atoms with Gasteiger partial charge < -0.3 is 5.73 Å². The highest BCUT2D eigenvalue weighted by molar-refractivity contribution is 9.10. The molecule has 0 fully saturated rings. The Bertz CT molecular complexity index is 767. The first-order valence-corrected chi connectivity index (χ1v) is 7.40. The first-order chi connectivity index (χ1) is 10.2. The molecule has 0 saturated carbocycles. The van der Waals surface area contributed by atoms with E-state index in [0.29, 0.717) is 16.1 Å². The van der Waals surface area contributed by atoms with Gasteiger partial charge in [0.1, 0.15) is 11.5 Å². The summed E-state index contributed by atoms with van der Waals surface area (Å²) in [5.74, 6) is 0.997. The van der Waals surface area contributed by atoms with Gasteiger partial charge in [-0.1, -0.05) is 30.3 Å². The van der Waals surface area contributed by atoms with Crippen molar-refractivity contribution in [1.29, 1.82) is 0 Å². The van der Waals surface area contributed by atoms with E-state index < -0.39 is 0 Å². The Labute approximate surface area is 131 Å². The maximum Gasteiger partial charge on any atom is 0.180 e. The van der Waals surface area contributed by atoms with Crippen LogP contribution in [0.2, 0.25) is 0 Å². The molecule has 0 aliphatic rings. The zero-order valence-corrected chi connectivity index (χ0v) is 13.1. The molecule has 0 amide bonds. The van der Waals surface area contributed by atoms with Crippen LogP contribution in [0.25, 0.3) is 22.8 Å². The number of hydrogen-bond acceptors (Lipinski definition) is 4. The third-order valence-corrected chi connectivity index (χ3v) is 3.95. The third kappa shape index (κ3) is 2.54. The molecule has 3 rings (SSSR count). The fraction of sp³-hybridized carbons (Fsp3) is 0.133. The van der Waals surface area contributed by atoms with Crippen LogP contribution in [0.4, 0.5) is 5.82 Å². The van der Waals surface area contributed by atoms with Crippen molar-refractivity contribution in [2.75, 3.05) is 5.73 Å². The number of hydrogen-bond donors (Lipinski definition) is 1. The molecule has 0 spiro atoms. The van der Waals surface area contributed by atoms with Gasteiger partial charge in [-0.25, -0.2) is 9.97 Å². The highest BCUT2D eigenvalue weighted by atomic mass is 79.9. The molecule has 3 aromatic rings. The summed E-state index contributed by atoms with van der Waals surface area (Å²) in [6.07, 6.45) is 1.74. The van der Waals surface area contributed by atoms with E-state index in [1.807, 2.05) is 48.0 Å². The number of nitrogen functional groups attached to an aromatic ring is 1. The predicted molar refractivity (Wildman–Crippen MR) is 86.5 cm³/mol. The van der Waals surface area contributed by atoms with Crippen LogP contribution in [0.5, 0.6) is 0 Å². The lowest BCUT2D eigenvalue weighted by molar-refractivity contribution is 0.664. The van der Waals surface area contributed by atoms with Crippen LogP contribution in [0.3, 0.4) is 0 Å². The smallest absolute Gasteiger partial charge is 0.180 e. The molecule has 2 aromatic heterocycles. The highest BCUT2D eigenvalue weighted by Gasteiger charge is 2.15. The molecule has 0 unspecified atom stereocenters. The highest BCUT2D eigenvalue weighted by Crippen LogP contribution is 2.32. The molecule has 0 aliphatic heterocycles. The van der Waals surface area contributed by atoms with Crippen molar-refractivity contribution < 1.29 is 0 Å². The topological polar surface area (TPSA) is 69.6 Å². The molecule has 0 bridgehead atoms. The predicted octanol–water partition coefficient (Wildman–Crippen LogP) is 3.37. The molecule has 5 nitrogen and oxygen atoms in total. The number of halogens is 1. The molecular weight excluding hydrogens is 330 g/mol. The van der Waals surface area contributed by atoms with Crippen molar-refractivity contribution in [2.24, 2.45) is 0 Å². The Kier molecular flexibility index (Phi) is 3.70. The van der Waals surface area contributed by atoms with E-state index in [1.165, 1.54) is 0 Å². The second kappa shape index (κ2) is 5.65. The maximum absolute atomic E-state index is 6.03. The fourth-order valence-corrected chi connectivity index (χ4v) is 2.55. The van der Waals surface area contributed by atoms with Gasteiger partial charge in [0.25, 0.3) is 0 Å². The van der Waals surface area contributed by atoms with Crippen LogP contribution in [0, 0.1) is 0 Å². The van der Waals surface area contributed by atoms with E-state index in [0.717, 1.165) is 23.5 Å². The average Bonchev–Trinajstić information content (AvgIpc) is 2.99. The number of benzene rings is 1. The lowest BCUT2D eigenvalue weighted by Gasteiger charge is -2.10. The second-order valence-electron chi connectivity index (χ2n) is 4.49. The van der Waals surface area contributed by atoms with Gasteiger partial charge in [0.15, 0.2) is 5.82 Å².